The highest BCUT2D eigenvalue weighted by atomic mass is 16.5. The van der Waals surface area contributed by atoms with Crippen molar-refractivity contribution in [1.29, 1.82) is 0 Å². The maximum Gasteiger partial charge on any atom is 0.323 e. The summed E-state index contributed by atoms with van der Waals surface area (Å²) in [4.78, 5) is 40.2. The van der Waals surface area contributed by atoms with Gasteiger partial charge in [-0.05, 0) is 41.9 Å². The van der Waals surface area contributed by atoms with E-state index in [1.165, 1.54) is 0 Å². The molecule has 3 aliphatic rings. The summed E-state index contributed by atoms with van der Waals surface area (Å²) in [6, 6.07) is 14.8. The van der Waals surface area contributed by atoms with E-state index in [0.29, 0.717) is 31.2 Å². The number of aryl methyl sites for hydroxylation is 1. The molecule has 2 aromatic carbocycles. The van der Waals surface area contributed by atoms with E-state index in [9.17, 15) is 14.4 Å². The van der Waals surface area contributed by atoms with Crippen molar-refractivity contribution in [1.82, 2.24) is 0 Å². The first-order valence-electron chi connectivity index (χ1n) is 11.6. The van der Waals surface area contributed by atoms with Crippen molar-refractivity contribution >= 4 is 17.5 Å². The number of Topliss-reactive ketones (excluding diaryl/α,β-unsaturated/α-hetero) is 2. The summed E-state index contributed by atoms with van der Waals surface area (Å²) in [7, 11) is 0. The normalized spacial score (nSPS) is 29.1. The Kier molecular flexibility index (Phi) is 5.05. The molecule has 0 unspecified atom stereocenters. The summed E-state index contributed by atoms with van der Waals surface area (Å²) < 4.78 is 6.06. The zero-order valence-corrected chi connectivity index (χ0v) is 18.5. The number of benzene rings is 2. The fraction of sp³-hybridized carbons (Fsp3) is 0.444. The molecule has 5 atom stereocenters. The molecule has 2 aromatic rings. The predicted octanol–water partition coefficient (Wildman–Crippen LogP) is 3.72. The topological polar surface area (TPSA) is 86.5 Å². The second-order valence-electron chi connectivity index (χ2n) is 9.88. The van der Waals surface area contributed by atoms with Gasteiger partial charge >= 0.3 is 5.97 Å². The number of rotatable bonds is 4. The van der Waals surface area contributed by atoms with Gasteiger partial charge < -0.3 is 10.5 Å². The molecule has 5 rings (SSSR count). The predicted molar refractivity (Wildman–Crippen MR) is 120 cm³/mol. The molecule has 1 spiro atoms. The number of hydrogen-bond acceptors (Lipinski definition) is 5. The van der Waals surface area contributed by atoms with Gasteiger partial charge in [-0.2, -0.15) is 0 Å². The summed E-state index contributed by atoms with van der Waals surface area (Å²) in [5.41, 5.74) is 8.68. The Labute approximate surface area is 188 Å². The van der Waals surface area contributed by atoms with Crippen LogP contribution in [0.15, 0.2) is 48.5 Å². The lowest BCUT2D eigenvalue weighted by atomic mass is 9.60. The van der Waals surface area contributed by atoms with E-state index in [-0.39, 0.29) is 29.3 Å². The lowest BCUT2D eigenvalue weighted by Gasteiger charge is -2.42. The van der Waals surface area contributed by atoms with Crippen molar-refractivity contribution in [3.63, 3.8) is 0 Å². The minimum Gasteiger partial charge on any atom is -0.460 e. The first kappa shape index (κ1) is 21.1. The fourth-order valence-electron chi connectivity index (χ4n) is 6.40. The average molecular weight is 432 g/mol. The van der Waals surface area contributed by atoms with Gasteiger partial charge in [0, 0.05) is 23.8 Å². The smallest absolute Gasteiger partial charge is 0.323 e. The van der Waals surface area contributed by atoms with E-state index in [0.717, 1.165) is 16.7 Å². The molecule has 1 fully saturated rings. The molecule has 1 saturated carbocycles. The van der Waals surface area contributed by atoms with E-state index in [4.69, 9.17) is 10.5 Å². The number of carbonyl (C=O) groups excluding carboxylic acids is 3. The number of carbonyl (C=O) groups is 3. The number of fused-ring (bicyclic) bond motifs is 6. The summed E-state index contributed by atoms with van der Waals surface area (Å²) in [5, 5.41) is 0. The van der Waals surface area contributed by atoms with E-state index < -0.39 is 23.5 Å². The Hall–Kier alpha value is -2.79. The molecular formula is C27H29NO4. The molecule has 0 radical (unpaired) electrons. The molecular weight excluding hydrogens is 402 g/mol. The van der Waals surface area contributed by atoms with Crippen molar-refractivity contribution in [2.24, 2.45) is 17.6 Å². The van der Waals surface area contributed by atoms with E-state index in [2.05, 4.69) is 0 Å². The van der Waals surface area contributed by atoms with Crippen LogP contribution in [-0.4, -0.2) is 29.7 Å². The van der Waals surface area contributed by atoms with Gasteiger partial charge in [-0.1, -0.05) is 62.4 Å². The first-order valence-corrected chi connectivity index (χ1v) is 11.6. The SMILES string of the molecule is CC(C)C[C@H](N)C(=O)O[C@@H]1C[C@H]2C(=O)c3ccccc3[C@H]2[C@]12C(=O)CCc1ccccc12. The Morgan fingerprint density at radius 3 is 2.59 bits per heavy atom. The van der Waals surface area contributed by atoms with Crippen molar-refractivity contribution in [3.05, 3.63) is 70.8 Å². The Morgan fingerprint density at radius 2 is 1.81 bits per heavy atom. The highest BCUT2D eigenvalue weighted by Crippen LogP contribution is 2.62. The van der Waals surface area contributed by atoms with E-state index in [1.807, 2.05) is 62.4 Å². The van der Waals surface area contributed by atoms with Gasteiger partial charge in [-0.3, -0.25) is 14.4 Å². The molecule has 0 bridgehead atoms. The van der Waals surface area contributed by atoms with Crippen molar-refractivity contribution in [2.75, 3.05) is 0 Å². The number of ether oxygens (including phenoxy) is 1. The van der Waals surface area contributed by atoms with Crippen LogP contribution < -0.4 is 5.73 Å². The fourth-order valence-corrected chi connectivity index (χ4v) is 6.40. The molecule has 0 saturated heterocycles. The van der Waals surface area contributed by atoms with Crippen LogP contribution in [0, 0.1) is 11.8 Å². The first-order chi connectivity index (χ1) is 15.4. The number of nitrogens with two attached hydrogens (primary N) is 1. The van der Waals surface area contributed by atoms with Crippen LogP contribution >= 0.6 is 0 Å². The van der Waals surface area contributed by atoms with E-state index in [1.54, 1.807) is 0 Å². The maximum absolute atomic E-state index is 13.8. The maximum atomic E-state index is 13.8. The van der Waals surface area contributed by atoms with Crippen LogP contribution in [0.4, 0.5) is 0 Å². The quantitative estimate of drug-likeness (QED) is 0.746. The Morgan fingerprint density at radius 1 is 1.09 bits per heavy atom. The molecule has 32 heavy (non-hydrogen) atoms. The van der Waals surface area contributed by atoms with Crippen LogP contribution in [0.3, 0.4) is 0 Å². The lowest BCUT2D eigenvalue weighted by molar-refractivity contribution is -0.156. The van der Waals surface area contributed by atoms with Gasteiger partial charge in [-0.15, -0.1) is 0 Å². The number of ketones is 2. The van der Waals surface area contributed by atoms with Gasteiger partial charge in [0.25, 0.3) is 0 Å². The van der Waals surface area contributed by atoms with Crippen LogP contribution in [0.25, 0.3) is 0 Å². The molecule has 0 heterocycles. The molecule has 0 aliphatic heterocycles. The van der Waals surface area contributed by atoms with Crippen molar-refractivity contribution < 1.29 is 19.1 Å². The molecule has 166 valence electrons. The van der Waals surface area contributed by atoms with Gasteiger partial charge in [0.1, 0.15) is 17.9 Å². The van der Waals surface area contributed by atoms with Gasteiger partial charge in [0.2, 0.25) is 0 Å². The number of hydrogen-bond donors (Lipinski definition) is 1. The molecule has 0 aromatic heterocycles. The van der Waals surface area contributed by atoms with Crippen LogP contribution in [0.5, 0.6) is 0 Å². The largest absolute Gasteiger partial charge is 0.460 e. The lowest BCUT2D eigenvalue weighted by Crippen LogP contribution is -2.52. The third-order valence-corrected chi connectivity index (χ3v) is 7.60. The molecule has 0 amide bonds. The zero-order valence-electron chi connectivity index (χ0n) is 18.5. The summed E-state index contributed by atoms with van der Waals surface area (Å²) in [5.74, 6) is -0.824. The van der Waals surface area contributed by atoms with Crippen molar-refractivity contribution in [2.45, 2.75) is 63.0 Å². The molecule has 3 aliphatic carbocycles. The Balaban J connectivity index is 1.66. The monoisotopic (exact) mass is 431 g/mol. The van der Waals surface area contributed by atoms with Crippen LogP contribution in [-0.2, 0) is 26.2 Å². The third-order valence-electron chi connectivity index (χ3n) is 7.60. The van der Waals surface area contributed by atoms with Crippen molar-refractivity contribution in [3.8, 4) is 0 Å². The summed E-state index contributed by atoms with van der Waals surface area (Å²) in [6.45, 7) is 4.01. The van der Waals surface area contributed by atoms with Crippen LogP contribution in [0.1, 0.15) is 66.1 Å². The number of esters is 1. The van der Waals surface area contributed by atoms with Gasteiger partial charge in [0.05, 0.1) is 5.41 Å². The highest BCUT2D eigenvalue weighted by Gasteiger charge is 2.67. The van der Waals surface area contributed by atoms with E-state index >= 15 is 0 Å². The molecule has 5 nitrogen and oxygen atoms in total. The molecule has 5 heteroatoms. The standard InChI is InChI=1S/C27H29NO4/c1-15(2)13-21(28)26(31)32-23-14-19-24(17-8-4-5-9-18(17)25(19)30)27(23)20-10-6-3-7-16(20)11-12-22(27)29/h3-10,15,19,21,23-24H,11-14,28H2,1-2H3/t19-,21+,23-,24-,27-/m1/s1. The second-order valence-corrected chi connectivity index (χ2v) is 9.88. The minimum atomic E-state index is -1.05. The molecule has 2 N–H and O–H groups in total. The zero-order chi connectivity index (χ0) is 22.6. The van der Waals surface area contributed by atoms with Gasteiger partial charge in [0.15, 0.2) is 5.78 Å². The summed E-state index contributed by atoms with van der Waals surface area (Å²) in [6.07, 6.45) is 1.20. The average Bonchev–Trinajstić information content (AvgIpc) is 3.24. The van der Waals surface area contributed by atoms with Gasteiger partial charge in [-0.25, -0.2) is 0 Å². The second kappa shape index (κ2) is 7.66. The highest BCUT2D eigenvalue weighted by molar-refractivity contribution is 6.07. The minimum absolute atomic E-state index is 0.0471. The third kappa shape index (κ3) is 2.91. The summed E-state index contributed by atoms with van der Waals surface area (Å²) >= 11 is 0. The van der Waals surface area contributed by atoms with Crippen LogP contribution in [0.2, 0.25) is 0 Å². The Bertz CT molecular complexity index is 1110.